The molecular formula is C31H43NO5S. The third-order valence-corrected chi connectivity index (χ3v) is 9.33. The van der Waals surface area contributed by atoms with Gasteiger partial charge in [-0.2, -0.15) is 0 Å². The topological polar surface area (TPSA) is 84.9 Å². The van der Waals surface area contributed by atoms with Crippen LogP contribution in [0.15, 0.2) is 47.2 Å². The van der Waals surface area contributed by atoms with Crippen molar-refractivity contribution in [2.45, 2.75) is 108 Å². The molecule has 0 saturated carbocycles. The number of hydrogen-bond acceptors (Lipinski definition) is 6. The molecule has 1 aromatic carbocycles. The summed E-state index contributed by atoms with van der Waals surface area (Å²) in [6, 6.07) is 7.76. The van der Waals surface area contributed by atoms with Crippen molar-refractivity contribution >= 4 is 22.9 Å². The second-order valence-corrected chi connectivity index (χ2v) is 12.6. The lowest BCUT2D eigenvalue weighted by molar-refractivity contribution is -0.118. The zero-order valence-corrected chi connectivity index (χ0v) is 24.1. The molecule has 2 amide bonds. The van der Waals surface area contributed by atoms with Gasteiger partial charge in [-0.25, -0.2) is 0 Å². The van der Waals surface area contributed by atoms with Crippen molar-refractivity contribution in [3.63, 3.8) is 0 Å². The van der Waals surface area contributed by atoms with Crippen LogP contribution in [-0.4, -0.2) is 39.3 Å². The van der Waals surface area contributed by atoms with Crippen molar-refractivity contribution < 1.29 is 24.2 Å². The maximum absolute atomic E-state index is 11.9. The van der Waals surface area contributed by atoms with E-state index in [1.807, 2.05) is 38.1 Å². The van der Waals surface area contributed by atoms with Crippen LogP contribution < -0.4 is 10.1 Å². The van der Waals surface area contributed by atoms with Crippen LogP contribution in [0, 0.1) is 5.92 Å². The fraction of sp³-hybridized carbons (Fsp3) is 0.613. The molecule has 0 bridgehead atoms. The molecule has 7 heteroatoms. The fourth-order valence-corrected chi connectivity index (χ4v) is 6.54. The van der Waals surface area contributed by atoms with Crippen molar-refractivity contribution in [2.75, 3.05) is 6.61 Å². The van der Waals surface area contributed by atoms with Crippen LogP contribution in [0.4, 0.5) is 4.79 Å². The van der Waals surface area contributed by atoms with Crippen molar-refractivity contribution in [3.05, 3.63) is 52.8 Å². The molecule has 208 valence electrons. The summed E-state index contributed by atoms with van der Waals surface area (Å²) in [4.78, 5) is 23.4. The van der Waals surface area contributed by atoms with Gasteiger partial charge in [0, 0.05) is 5.92 Å². The lowest BCUT2D eigenvalue weighted by atomic mass is 9.74. The van der Waals surface area contributed by atoms with Gasteiger partial charge in [-0.05, 0) is 74.8 Å². The fourth-order valence-electron chi connectivity index (χ4n) is 5.68. The number of carbonyl (C=O) groups excluding carboxylic acids is 2. The van der Waals surface area contributed by atoms with Crippen molar-refractivity contribution in [1.82, 2.24) is 5.32 Å². The van der Waals surface area contributed by atoms with E-state index >= 15 is 0 Å². The van der Waals surface area contributed by atoms with Crippen LogP contribution in [0.25, 0.3) is 0 Å². The SMILES string of the molecule is CCCCCCCCC1(COc2ccc(CC3SC(=O)NC3=O)cc2)CCC2=C(O1)C(C)(O)C(C)C=C2C. The van der Waals surface area contributed by atoms with Crippen LogP contribution in [0.2, 0.25) is 0 Å². The van der Waals surface area contributed by atoms with Gasteiger partial charge in [0.1, 0.15) is 29.3 Å². The lowest BCUT2D eigenvalue weighted by Crippen LogP contribution is -2.49. The highest BCUT2D eigenvalue weighted by Crippen LogP contribution is 2.47. The molecule has 0 aromatic heterocycles. The summed E-state index contributed by atoms with van der Waals surface area (Å²) in [6.45, 7) is 8.68. The highest BCUT2D eigenvalue weighted by atomic mass is 32.2. The van der Waals surface area contributed by atoms with Crippen molar-refractivity contribution in [2.24, 2.45) is 5.92 Å². The molecule has 4 unspecified atom stereocenters. The maximum Gasteiger partial charge on any atom is 0.286 e. The maximum atomic E-state index is 11.9. The quantitative estimate of drug-likeness (QED) is 0.281. The molecule has 2 aliphatic heterocycles. The predicted octanol–water partition coefficient (Wildman–Crippen LogP) is 6.86. The van der Waals surface area contributed by atoms with E-state index in [-0.39, 0.29) is 22.3 Å². The first-order valence-electron chi connectivity index (χ1n) is 14.2. The number of unbranched alkanes of at least 4 members (excludes halogenated alkanes) is 5. The standard InChI is InChI=1S/C31H43NO5S/c1-5-6-7-8-9-10-16-31(17-15-25-21(2)18-22(3)30(4,35)27(25)37-31)20-36-24-13-11-23(12-14-24)19-26-28(33)32-29(34)38-26/h11-14,18,22,26,35H,5-10,15-17,19-20H2,1-4H3,(H,32,33,34). The molecule has 6 nitrogen and oxygen atoms in total. The summed E-state index contributed by atoms with van der Waals surface area (Å²) in [7, 11) is 0. The second-order valence-electron chi connectivity index (χ2n) is 11.4. The largest absolute Gasteiger partial charge is 0.489 e. The van der Waals surface area contributed by atoms with Crippen LogP contribution in [-0.2, 0) is 16.0 Å². The van der Waals surface area contributed by atoms with E-state index in [0.717, 1.165) is 60.1 Å². The zero-order valence-electron chi connectivity index (χ0n) is 23.3. The van der Waals surface area contributed by atoms with Crippen molar-refractivity contribution in [1.29, 1.82) is 0 Å². The third kappa shape index (κ3) is 6.66. The Hall–Kier alpha value is -2.25. The minimum absolute atomic E-state index is 0.0186. The van der Waals surface area contributed by atoms with E-state index in [9.17, 15) is 14.7 Å². The van der Waals surface area contributed by atoms with Crippen molar-refractivity contribution in [3.8, 4) is 5.75 Å². The summed E-state index contributed by atoms with van der Waals surface area (Å²) in [5.74, 6) is 1.23. The molecule has 0 spiro atoms. The van der Waals surface area contributed by atoms with Gasteiger partial charge in [-0.1, -0.05) is 75.9 Å². The number of hydrogen-bond donors (Lipinski definition) is 2. The first kappa shape index (κ1) is 28.8. The highest BCUT2D eigenvalue weighted by Gasteiger charge is 2.47. The Kier molecular flexibility index (Phi) is 9.30. The Morgan fingerprint density at radius 2 is 1.84 bits per heavy atom. The van der Waals surface area contributed by atoms with Crippen LogP contribution in [0.1, 0.15) is 91.0 Å². The first-order chi connectivity index (χ1) is 18.1. The summed E-state index contributed by atoms with van der Waals surface area (Å²) in [5, 5.41) is 13.1. The number of imide groups is 1. The number of ether oxygens (including phenoxy) is 2. The molecule has 1 saturated heterocycles. The molecule has 38 heavy (non-hydrogen) atoms. The number of carbonyl (C=O) groups is 2. The number of rotatable bonds is 12. The Bertz CT molecular complexity index is 1080. The molecule has 1 aliphatic carbocycles. The van der Waals surface area contributed by atoms with Gasteiger partial charge < -0.3 is 14.6 Å². The number of aliphatic hydroxyl groups is 1. The number of nitrogens with one attached hydrogen (secondary N) is 1. The Morgan fingerprint density at radius 1 is 1.13 bits per heavy atom. The molecule has 1 aromatic rings. The third-order valence-electron chi connectivity index (χ3n) is 8.34. The average molecular weight is 542 g/mol. The summed E-state index contributed by atoms with van der Waals surface area (Å²) in [5.41, 5.74) is 1.82. The van der Waals surface area contributed by atoms with Gasteiger partial charge in [0.25, 0.3) is 5.24 Å². The minimum Gasteiger partial charge on any atom is -0.489 e. The number of allylic oxidation sites excluding steroid dienone is 2. The molecule has 2 heterocycles. The Labute approximate surface area is 231 Å². The van der Waals surface area contributed by atoms with E-state index < -0.39 is 11.2 Å². The van der Waals surface area contributed by atoms with E-state index in [2.05, 4.69) is 25.2 Å². The molecule has 4 atom stereocenters. The lowest BCUT2D eigenvalue weighted by Gasteiger charge is -2.47. The van der Waals surface area contributed by atoms with Crippen LogP contribution >= 0.6 is 11.8 Å². The molecule has 4 rings (SSSR count). The van der Waals surface area contributed by atoms with Crippen LogP contribution in [0.3, 0.4) is 0 Å². The summed E-state index contributed by atoms with van der Waals surface area (Å²) >= 11 is 1.05. The Balaban J connectivity index is 1.44. The molecule has 0 radical (unpaired) electrons. The smallest absolute Gasteiger partial charge is 0.286 e. The van der Waals surface area contributed by atoms with E-state index in [0.29, 0.717) is 13.0 Å². The highest BCUT2D eigenvalue weighted by molar-refractivity contribution is 8.15. The minimum atomic E-state index is -1.03. The van der Waals surface area contributed by atoms with Gasteiger partial charge in [-0.15, -0.1) is 0 Å². The summed E-state index contributed by atoms with van der Waals surface area (Å²) in [6.07, 6.45) is 12.6. The molecule has 1 fully saturated rings. The predicted molar refractivity (Wildman–Crippen MR) is 152 cm³/mol. The second kappa shape index (κ2) is 12.3. The van der Waals surface area contributed by atoms with Gasteiger partial charge >= 0.3 is 0 Å². The summed E-state index contributed by atoms with van der Waals surface area (Å²) < 4.78 is 13.1. The number of benzene rings is 1. The van der Waals surface area contributed by atoms with E-state index in [1.165, 1.54) is 37.7 Å². The average Bonchev–Trinajstić information content (AvgIpc) is 3.21. The van der Waals surface area contributed by atoms with E-state index in [4.69, 9.17) is 9.47 Å². The molecule has 2 N–H and O–H groups in total. The van der Waals surface area contributed by atoms with E-state index in [1.54, 1.807) is 0 Å². The van der Waals surface area contributed by atoms with Crippen LogP contribution in [0.5, 0.6) is 5.75 Å². The molecule has 3 aliphatic rings. The zero-order chi connectivity index (χ0) is 27.3. The monoisotopic (exact) mass is 541 g/mol. The van der Waals surface area contributed by atoms with Gasteiger partial charge in [0.05, 0.1) is 5.25 Å². The molecular weight excluding hydrogens is 498 g/mol. The normalized spacial score (nSPS) is 29.0. The number of amides is 2. The number of thioether (sulfide) groups is 1. The Morgan fingerprint density at radius 3 is 2.53 bits per heavy atom. The van der Waals surface area contributed by atoms with Gasteiger partial charge in [0.2, 0.25) is 5.91 Å². The van der Waals surface area contributed by atoms with Gasteiger partial charge in [-0.3, -0.25) is 14.9 Å². The van der Waals surface area contributed by atoms with Gasteiger partial charge in [0.15, 0.2) is 0 Å². The first-order valence-corrected chi connectivity index (χ1v) is 15.1.